The number of ether oxygens (including phenoxy) is 1. The summed E-state index contributed by atoms with van der Waals surface area (Å²) in [6.07, 6.45) is 1.70. The summed E-state index contributed by atoms with van der Waals surface area (Å²) in [6, 6.07) is 6.06. The van der Waals surface area contributed by atoms with Crippen molar-refractivity contribution in [3.63, 3.8) is 0 Å². The van der Waals surface area contributed by atoms with E-state index in [4.69, 9.17) is 4.74 Å². The molecule has 0 aromatic heterocycles. The molecular weight excluding hydrogens is 254 g/mol. The highest BCUT2D eigenvalue weighted by atomic mass is 32.2. The van der Waals surface area contributed by atoms with E-state index in [0.717, 1.165) is 18.0 Å². The van der Waals surface area contributed by atoms with Crippen LogP contribution in [0.5, 0.6) is 5.75 Å². The fraction of sp³-hybridized carbons (Fsp3) is 0.417. The Balaban J connectivity index is 2.35. The summed E-state index contributed by atoms with van der Waals surface area (Å²) in [5.74, 6) is 5.55. The summed E-state index contributed by atoms with van der Waals surface area (Å²) in [5, 5.41) is 0. The number of nitrogens with zero attached hydrogens (tertiary/aromatic N) is 1. The number of rotatable bonds is 2. The van der Waals surface area contributed by atoms with E-state index in [1.807, 2.05) is 16.4 Å². The fourth-order valence-corrected chi connectivity index (χ4v) is 3.81. The second-order valence-electron chi connectivity index (χ2n) is 4.15. The van der Waals surface area contributed by atoms with Gasteiger partial charge in [-0.1, -0.05) is 0 Å². The van der Waals surface area contributed by atoms with Gasteiger partial charge in [0.25, 0.3) is 0 Å². The molecule has 1 aliphatic heterocycles. The fourth-order valence-electron chi connectivity index (χ4n) is 1.80. The summed E-state index contributed by atoms with van der Waals surface area (Å²) in [5.41, 5.74) is 1.17. The van der Waals surface area contributed by atoms with Crippen molar-refractivity contribution in [3.8, 4) is 5.75 Å². The predicted molar refractivity (Wildman–Crippen MR) is 75.3 cm³/mol. The van der Waals surface area contributed by atoms with Crippen molar-refractivity contribution < 1.29 is 8.95 Å². The molecule has 1 aliphatic rings. The van der Waals surface area contributed by atoms with Crippen molar-refractivity contribution in [3.05, 3.63) is 23.8 Å². The number of benzene rings is 1. The van der Waals surface area contributed by atoms with Gasteiger partial charge in [0.1, 0.15) is 5.75 Å². The van der Waals surface area contributed by atoms with E-state index in [0.29, 0.717) is 6.54 Å². The first-order valence-electron chi connectivity index (χ1n) is 5.38. The third-order valence-electron chi connectivity index (χ3n) is 2.76. The summed E-state index contributed by atoms with van der Waals surface area (Å²) in [4.78, 5) is 1.25. The Morgan fingerprint density at radius 2 is 2.29 bits per heavy atom. The maximum Gasteiger partial charge on any atom is 0.119 e. The average molecular weight is 271 g/mol. The molecule has 2 rings (SSSR count). The smallest absolute Gasteiger partial charge is 0.119 e. The lowest BCUT2D eigenvalue weighted by atomic mass is 10.2. The van der Waals surface area contributed by atoms with Crippen LogP contribution in [0.4, 0.5) is 0 Å². The van der Waals surface area contributed by atoms with Crippen LogP contribution in [-0.4, -0.2) is 40.0 Å². The Hall–Kier alpha value is -0.650. The largest absolute Gasteiger partial charge is 0.497 e. The van der Waals surface area contributed by atoms with Crippen molar-refractivity contribution in [1.29, 1.82) is 0 Å². The molecule has 17 heavy (non-hydrogen) atoms. The number of thioether (sulfide) groups is 1. The van der Waals surface area contributed by atoms with Crippen molar-refractivity contribution in [1.82, 2.24) is 4.31 Å². The highest BCUT2D eigenvalue weighted by Crippen LogP contribution is 2.30. The molecule has 0 amide bonds. The highest BCUT2D eigenvalue weighted by molar-refractivity contribution is 7.99. The Labute approximate surface area is 107 Å². The third kappa shape index (κ3) is 2.97. The first-order chi connectivity index (χ1) is 8.00. The van der Waals surface area contributed by atoms with E-state index in [9.17, 15) is 4.21 Å². The quantitative estimate of drug-likeness (QED) is 0.769. The molecule has 1 atom stereocenters. The molecule has 0 N–H and O–H groups in total. The Morgan fingerprint density at radius 3 is 2.94 bits per heavy atom. The molecule has 0 saturated carbocycles. The van der Waals surface area contributed by atoms with Gasteiger partial charge in [0.05, 0.1) is 7.11 Å². The van der Waals surface area contributed by atoms with Crippen molar-refractivity contribution in [2.75, 3.05) is 25.7 Å². The van der Waals surface area contributed by atoms with Gasteiger partial charge in [-0.2, -0.15) is 0 Å². The van der Waals surface area contributed by atoms with Gasteiger partial charge in [0, 0.05) is 39.7 Å². The lowest BCUT2D eigenvalue weighted by Crippen LogP contribution is -2.30. The topological polar surface area (TPSA) is 29.5 Å². The molecular formula is C12H17NO2S2. The van der Waals surface area contributed by atoms with E-state index in [2.05, 4.69) is 11.9 Å². The van der Waals surface area contributed by atoms with Crippen LogP contribution in [0.2, 0.25) is 0 Å². The Morgan fingerprint density at radius 1 is 1.53 bits per heavy atom. The lowest BCUT2D eigenvalue weighted by Gasteiger charge is -2.21. The molecule has 5 heteroatoms. The molecule has 0 aliphatic carbocycles. The zero-order valence-electron chi connectivity index (χ0n) is 10.1. The molecule has 1 aromatic rings. The van der Waals surface area contributed by atoms with Crippen LogP contribution >= 0.6 is 11.8 Å². The summed E-state index contributed by atoms with van der Waals surface area (Å²) in [6.45, 7) is 1.48. The molecule has 1 aromatic carbocycles. The predicted octanol–water partition coefficient (Wildman–Crippen LogP) is 1.86. The third-order valence-corrected chi connectivity index (χ3v) is 5.26. The van der Waals surface area contributed by atoms with Crippen molar-refractivity contribution >= 4 is 27.3 Å². The minimum Gasteiger partial charge on any atom is -0.497 e. The maximum absolute atomic E-state index is 12.0. The maximum atomic E-state index is 12.0. The van der Waals surface area contributed by atoms with Gasteiger partial charge in [0.2, 0.25) is 0 Å². The molecule has 0 bridgehead atoms. The zero-order chi connectivity index (χ0) is 12.5. The minimum absolute atomic E-state index is 0.679. The standard InChI is InChI=1S/C12H17NO2S2/c1-15-11-4-5-12-10(8-11)9-13(6-7-16-12)17(2,3)14/h4-5,8H,2,6-7,9H2,1,3H3. The van der Waals surface area contributed by atoms with E-state index in [1.165, 1.54) is 10.5 Å². The molecule has 1 heterocycles. The van der Waals surface area contributed by atoms with Crippen molar-refractivity contribution in [2.45, 2.75) is 11.4 Å². The lowest BCUT2D eigenvalue weighted by molar-refractivity contribution is 0.411. The van der Waals surface area contributed by atoms with E-state index < -0.39 is 9.71 Å². The highest BCUT2D eigenvalue weighted by Gasteiger charge is 2.18. The van der Waals surface area contributed by atoms with Gasteiger partial charge in [0.15, 0.2) is 0 Å². The number of hydrogen-bond acceptors (Lipinski definition) is 3. The number of methoxy groups -OCH3 is 1. The van der Waals surface area contributed by atoms with Gasteiger partial charge < -0.3 is 4.74 Å². The molecule has 1 unspecified atom stereocenters. The van der Waals surface area contributed by atoms with Crippen LogP contribution in [0.3, 0.4) is 0 Å². The Bertz CT molecular complexity index is 511. The Kier molecular flexibility index (Phi) is 3.70. The van der Waals surface area contributed by atoms with Gasteiger partial charge in [-0.15, -0.1) is 11.8 Å². The average Bonchev–Trinajstić information content (AvgIpc) is 2.49. The summed E-state index contributed by atoms with van der Waals surface area (Å²) < 4.78 is 19.2. The van der Waals surface area contributed by atoms with E-state index in [-0.39, 0.29) is 0 Å². The van der Waals surface area contributed by atoms with Crippen molar-refractivity contribution in [2.24, 2.45) is 0 Å². The summed E-state index contributed by atoms with van der Waals surface area (Å²) >= 11 is 1.80. The van der Waals surface area contributed by atoms with Crippen LogP contribution in [0.15, 0.2) is 23.1 Å². The second kappa shape index (κ2) is 4.92. The first-order valence-corrected chi connectivity index (χ1v) is 8.45. The van der Waals surface area contributed by atoms with Crippen LogP contribution in [-0.2, 0) is 16.3 Å². The molecule has 0 saturated heterocycles. The van der Waals surface area contributed by atoms with Gasteiger partial charge in [-0.3, -0.25) is 4.21 Å². The first kappa shape index (κ1) is 12.8. The molecule has 94 valence electrons. The minimum atomic E-state index is -2.13. The number of hydrogen-bond donors (Lipinski definition) is 0. The van der Waals surface area contributed by atoms with Gasteiger partial charge >= 0.3 is 0 Å². The monoisotopic (exact) mass is 271 g/mol. The molecule has 3 nitrogen and oxygen atoms in total. The SMILES string of the molecule is C=S(C)(=O)N1CCSc2ccc(OC)cc2C1. The van der Waals surface area contributed by atoms with Crippen LogP contribution in [0.25, 0.3) is 0 Å². The van der Waals surface area contributed by atoms with Gasteiger partial charge in [-0.25, -0.2) is 4.31 Å². The number of fused-ring (bicyclic) bond motifs is 1. The normalized spacial score (nSPS) is 20.1. The van der Waals surface area contributed by atoms with Crippen LogP contribution in [0, 0.1) is 0 Å². The van der Waals surface area contributed by atoms with E-state index in [1.54, 1.807) is 25.1 Å². The molecule has 0 fully saturated rings. The second-order valence-corrected chi connectivity index (χ2v) is 7.72. The van der Waals surface area contributed by atoms with Crippen LogP contribution < -0.4 is 4.74 Å². The van der Waals surface area contributed by atoms with E-state index >= 15 is 0 Å². The zero-order valence-corrected chi connectivity index (χ0v) is 11.8. The summed E-state index contributed by atoms with van der Waals surface area (Å²) in [7, 11) is -0.472. The van der Waals surface area contributed by atoms with Gasteiger partial charge in [-0.05, 0) is 29.6 Å². The van der Waals surface area contributed by atoms with Crippen LogP contribution in [0.1, 0.15) is 5.56 Å². The molecule has 0 spiro atoms. The molecule has 0 radical (unpaired) electrons.